The number of carbonyl (C=O) groups is 3. The second-order valence-electron chi connectivity index (χ2n) is 8.95. The van der Waals surface area contributed by atoms with E-state index in [9.17, 15) is 24.5 Å². The van der Waals surface area contributed by atoms with Crippen molar-refractivity contribution in [3.05, 3.63) is 105 Å². The zero-order valence-electron chi connectivity index (χ0n) is 18.7. The first kappa shape index (κ1) is 22.2. The topological polar surface area (TPSA) is 101 Å². The molecule has 3 aliphatic rings. The first-order valence-electron chi connectivity index (χ1n) is 11.3. The van der Waals surface area contributed by atoms with Crippen LogP contribution in [0, 0.1) is 22.0 Å². The van der Waals surface area contributed by atoms with E-state index in [1.807, 2.05) is 41.3 Å². The van der Waals surface area contributed by atoms with Crippen LogP contribution in [0.2, 0.25) is 5.02 Å². The third-order valence-electron chi connectivity index (χ3n) is 7.12. The molecule has 6 rings (SSSR count). The summed E-state index contributed by atoms with van der Waals surface area (Å²) in [5.41, 5.74) is 1.75. The summed E-state index contributed by atoms with van der Waals surface area (Å²) in [7, 11) is 0. The van der Waals surface area contributed by atoms with E-state index in [4.69, 9.17) is 11.6 Å². The molecule has 4 atom stereocenters. The molecule has 36 heavy (non-hydrogen) atoms. The molecule has 9 heteroatoms. The van der Waals surface area contributed by atoms with Gasteiger partial charge in [0.1, 0.15) is 6.04 Å². The molecule has 3 aliphatic heterocycles. The number of hydrogen-bond acceptors (Lipinski definition) is 6. The molecule has 0 saturated carbocycles. The summed E-state index contributed by atoms with van der Waals surface area (Å²) >= 11 is 6.31. The second-order valence-corrected chi connectivity index (χ2v) is 9.35. The summed E-state index contributed by atoms with van der Waals surface area (Å²) in [6, 6.07) is 18.3. The number of hydrogen-bond donors (Lipinski definition) is 0. The molecule has 0 N–H and O–H groups in total. The van der Waals surface area contributed by atoms with Crippen LogP contribution in [-0.2, 0) is 9.59 Å². The first-order chi connectivity index (χ1) is 17.4. The lowest BCUT2D eigenvalue weighted by molar-refractivity contribution is -0.384. The van der Waals surface area contributed by atoms with Crippen molar-refractivity contribution in [1.29, 1.82) is 0 Å². The summed E-state index contributed by atoms with van der Waals surface area (Å²) < 4.78 is 0. The van der Waals surface area contributed by atoms with Gasteiger partial charge in [0.2, 0.25) is 11.8 Å². The number of imide groups is 1. The smallest absolute Gasteiger partial charge is 0.271 e. The van der Waals surface area contributed by atoms with E-state index in [1.165, 1.54) is 12.1 Å². The van der Waals surface area contributed by atoms with Gasteiger partial charge in [-0.25, -0.2) is 4.90 Å². The van der Waals surface area contributed by atoms with Gasteiger partial charge in [0.25, 0.3) is 5.69 Å². The molecular formula is C27H18ClN3O5. The molecule has 3 aromatic rings. The Hall–Kier alpha value is -4.30. The van der Waals surface area contributed by atoms with Crippen LogP contribution < -0.4 is 9.80 Å². The molecule has 0 bridgehead atoms. The van der Waals surface area contributed by atoms with E-state index in [0.717, 1.165) is 22.2 Å². The monoisotopic (exact) mass is 499 g/mol. The first-order valence-corrected chi connectivity index (χ1v) is 11.7. The minimum absolute atomic E-state index is 0.0367. The number of nitro benzene ring substituents is 1. The van der Waals surface area contributed by atoms with Crippen molar-refractivity contribution in [2.24, 2.45) is 11.8 Å². The van der Waals surface area contributed by atoms with Crippen LogP contribution in [0.5, 0.6) is 0 Å². The lowest BCUT2D eigenvalue weighted by Crippen LogP contribution is -2.48. The maximum atomic E-state index is 13.9. The molecule has 2 fully saturated rings. The molecule has 0 spiro atoms. The number of anilines is 2. The summed E-state index contributed by atoms with van der Waals surface area (Å²) in [5.74, 6) is -3.24. The lowest BCUT2D eigenvalue weighted by atomic mass is 9.86. The molecule has 2 amide bonds. The fourth-order valence-electron chi connectivity index (χ4n) is 5.61. The Balaban J connectivity index is 1.50. The van der Waals surface area contributed by atoms with Crippen LogP contribution in [0.1, 0.15) is 15.9 Å². The van der Waals surface area contributed by atoms with Crippen molar-refractivity contribution in [3.8, 4) is 0 Å². The predicted molar refractivity (Wildman–Crippen MR) is 134 cm³/mol. The molecule has 0 radical (unpaired) electrons. The van der Waals surface area contributed by atoms with Gasteiger partial charge >= 0.3 is 0 Å². The van der Waals surface area contributed by atoms with Gasteiger partial charge in [0, 0.05) is 23.4 Å². The van der Waals surface area contributed by atoms with Crippen LogP contribution in [-0.4, -0.2) is 34.6 Å². The molecule has 2 saturated heterocycles. The number of nitro groups is 1. The highest BCUT2D eigenvalue weighted by atomic mass is 35.5. The quantitative estimate of drug-likeness (QED) is 0.226. The Kier molecular flexibility index (Phi) is 5.01. The number of carbonyl (C=O) groups excluding carboxylic acids is 3. The van der Waals surface area contributed by atoms with Crippen molar-refractivity contribution < 1.29 is 19.3 Å². The summed E-state index contributed by atoms with van der Waals surface area (Å²) in [6.07, 6.45) is 3.74. The fraction of sp³-hybridized carbons (Fsp3) is 0.148. The van der Waals surface area contributed by atoms with Crippen molar-refractivity contribution >= 4 is 52.3 Å². The minimum atomic E-state index is -0.985. The highest BCUT2D eigenvalue weighted by Gasteiger charge is 2.64. The Morgan fingerprint density at radius 2 is 1.58 bits per heavy atom. The number of para-hydroxylation sites is 1. The Morgan fingerprint density at radius 1 is 0.889 bits per heavy atom. The number of ketones is 1. The molecule has 3 heterocycles. The van der Waals surface area contributed by atoms with Gasteiger partial charge in [-0.3, -0.25) is 24.5 Å². The number of nitrogens with zero attached hydrogens (tertiary/aromatic N) is 3. The van der Waals surface area contributed by atoms with Crippen LogP contribution in [0.25, 0.3) is 6.08 Å². The number of fused-ring (bicyclic) bond motifs is 5. The third kappa shape index (κ3) is 3.11. The predicted octanol–water partition coefficient (Wildman–Crippen LogP) is 4.52. The van der Waals surface area contributed by atoms with Gasteiger partial charge in [-0.1, -0.05) is 72.3 Å². The zero-order valence-corrected chi connectivity index (χ0v) is 19.4. The molecule has 0 aromatic heterocycles. The van der Waals surface area contributed by atoms with E-state index in [2.05, 4.69) is 0 Å². The number of amides is 2. The van der Waals surface area contributed by atoms with Gasteiger partial charge in [-0.05, 0) is 17.7 Å². The van der Waals surface area contributed by atoms with Gasteiger partial charge in [-0.2, -0.15) is 0 Å². The lowest BCUT2D eigenvalue weighted by Gasteiger charge is -2.36. The van der Waals surface area contributed by atoms with Crippen molar-refractivity contribution in [2.75, 3.05) is 9.80 Å². The van der Waals surface area contributed by atoms with Crippen molar-refractivity contribution in [2.45, 2.75) is 12.1 Å². The van der Waals surface area contributed by atoms with Crippen LogP contribution in [0.4, 0.5) is 17.1 Å². The second kappa shape index (κ2) is 8.13. The molecule has 0 aliphatic carbocycles. The highest BCUT2D eigenvalue weighted by molar-refractivity contribution is 6.36. The van der Waals surface area contributed by atoms with Gasteiger partial charge in [-0.15, -0.1) is 0 Å². The van der Waals surface area contributed by atoms with E-state index in [0.29, 0.717) is 5.56 Å². The number of non-ortho nitro benzene ring substituents is 1. The molecule has 8 nitrogen and oxygen atoms in total. The molecule has 0 unspecified atom stereocenters. The summed E-state index contributed by atoms with van der Waals surface area (Å²) in [4.78, 5) is 55.1. The Labute approximate surface area is 210 Å². The minimum Gasteiger partial charge on any atom is -0.352 e. The molecular weight excluding hydrogens is 482 g/mol. The molecule has 178 valence electrons. The van der Waals surface area contributed by atoms with Crippen LogP contribution >= 0.6 is 11.6 Å². The highest BCUT2D eigenvalue weighted by Crippen LogP contribution is 2.50. The number of halogens is 1. The van der Waals surface area contributed by atoms with Crippen LogP contribution in [0.3, 0.4) is 0 Å². The average Bonchev–Trinajstić information content (AvgIpc) is 3.37. The third-order valence-corrected chi connectivity index (χ3v) is 7.44. The fourth-order valence-corrected chi connectivity index (χ4v) is 5.81. The zero-order chi connectivity index (χ0) is 25.1. The Morgan fingerprint density at radius 3 is 2.33 bits per heavy atom. The summed E-state index contributed by atoms with van der Waals surface area (Å²) in [5, 5.41) is 11.4. The normalized spacial score (nSPS) is 23.9. The van der Waals surface area contributed by atoms with Gasteiger partial charge < -0.3 is 4.90 Å². The maximum absolute atomic E-state index is 13.9. The van der Waals surface area contributed by atoms with E-state index < -0.39 is 40.7 Å². The van der Waals surface area contributed by atoms with E-state index in [-0.39, 0.29) is 22.2 Å². The number of rotatable bonds is 4. The average molecular weight is 500 g/mol. The van der Waals surface area contributed by atoms with Gasteiger partial charge in [0.15, 0.2) is 5.78 Å². The number of Topliss-reactive ketones (excluding diaryl/α,β-unsaturated/α-hetero) is 1. The summed E-state index contributed by atoms with van der Waals surface area (Å²) in [6.45, 7) is 0. The largest absolute Gasteiger partial charge is 0.352 e. The van der Waals surface area contributed by atoms with Crippen molar-refractivity contribution in [3.63, 3.8) is 0 Å². The van der Waals surface area contributed by atoms with Gasteiger partial charge in [0.05, 0.1) is 33.5 Å². The SMILES string of the molecule is O=C(c1ccccc1)[C@@H]1[C@@H]2C(=O)N(c3cc([N+](=O)[O-])ccc3Cl)C(=O)[C@@H]2[C@H]2C=Cc3ccccc3N21. The van der Waals surface area contributed by atoms with Crippen LogP contribution in [0.15, 0.2) is 78.9 Å². The Bertz CT molecular complexity index is 1490. The number of benzene rings is 3. The molecule has 3 aromatic carbocycles. The van der Waals surface area contributed by atoms with E-state index in [1.54, 1.807) is 30.3 Å². The standard InChI is InChI=1S/C27H18ClN3O5/c28-18-12-11-17(31(35)36)14-21(18)30-26(33)22-20-13-10-15-6-4-5-9-19(15)29(20)24(23(22)27(30)34)25(32)16-7-2-1-3-8-16/h1-14,20,22-24H/t20-,22-,23-,24+/m1/s1. The maximum Gasteiger partial charge on any atom is 0.271 e. The van der Waals surface area contributed by atoms with E-state index >= 15 is 0 Å². The van der Waals surface area contributed by atoms with Crippen molar-refractivity contribution in [1.82, 2.24) is 0 Å².